The van der Waals surface area contributed by atoms with Crippen LogP contribution in [0.2, 0.25) is 0 Å². The van der Waals surface area contributed by atoms with Crippen molar-refractivity contribution in [2.75, 3.05) is 11.9 Å². The molecule has 0 aliphatic carbocycles. The molecule has 0 aromatic heterocycles. The van der Waals surface area contributed by atoms with Gasteiger partial charge in [0.25, 0.3) is 5.69 Å². The first-order chi connectivity index (χ1) is 13.8. The van der Waals surface area contributed by atoms with Gasteiger partial charge in [-0.3, -0.25) is 19.7 Å². The van der Waals surface area contributed by atoms with Gasteiger partial charge in [-0.2, -0.15) is 4.72 Å². The lowest BCUT2D eigenvalue weighted by atomic mass is 10.1. The minimum Gasteiger partial charge on any atom is -0.464 e. The summed E-state index contributed by atoms with van der Waals surface area (Å²) < 4.78 is 31.7. The lowest BCUT2D eigenvalue weighted by Crippen LogP contribution is -2.37. The summed E-state index contributed by atoms with van der Waals surface area (Å²) in [5.41, 5.74) is 0.440. The fraction of sp³-hybridized carbons (Fsp3) is 0.222. The van der Waals surface area contributed by atoms with Crippen LogP contribution in [0.3, 0.4) is 0 Å². The van der Waals surface area contributed by atoms with Gasteiger partial charge in [-0.05, 0) is 24.3 Å². The Morgan fingerprint density at radius 2 is 1.86 bits per heavy atom. The molecule has 10 nitrogen and oxygen atoms in total. The summed E-state index contributed by atoms with van der Waals surface area (Å²) >= 11 is 0. The zero-order valence-corrected chi connectivity index (χ0v) is 15.8. The molecule has 2 aromatic rings. The van der Waals surface area contributed by atoms with Crippen molar-refractivity contribution in [2.24, 2.45) is 0 Å². The molecule has 0 saturated carbocycles. The van der Waals surface area contributed by atoms with Crippen molar-refractivity contribution < 1.29 is 27.7 Å². The first-order valence-electron chi connectivity index (χ1n) is 8.57. The van der Waals surface area contributed by atoms with E-state index in [-0.39, 0.29) is 35.6 Å². The van der Waals surface area contributed by atoms with Gasteiger partial charge in [0.05, 0.1) is 22.8 Å². The number of esters is 1. The van der Waals surface area contributed by atoms with Gasteiger partial charge in [0.1, 0.15) is 6.04 Å². The molecule has 0 unspecified atom stereocenters. The van der Waals surface area contributed by atoms with E-state index in [9.17, 15) is 28.1 Å². The van der Waals surface area contributed by atoms with Crippen molar-refractivity contribution in [1.29, 1.82) is 0 Å². The summed E-state index contributed by atoms with van der Waals surface area (Å²) in [5.74, 6) is -1.10. The molecule has 152 valence electrons. The number of nitro groups is 1. The highest BCUT2D eigenvalue weighted by Crippen LogP contribution is 2.20. The van der Waals surface area contributed by atoms with Gasteiger partial charge in [-0.1, -0.05) is 18.2 Å². The van der Waals surface area contributed by atoms with Crippen molar-refractivity contribution in [3.63, 3.8) is 0 Å². The SMILES string of the molecule is O=C(Cc1ccccc1[N+](=O)[O-])Nc1ccc(S(=O)(=O)N[C@H]2CCOC2=O)cc1. The second-order valence-corrected chi connectivity index (χ2v) is 7.98. The third-order valence-corrected chi connectivity index (χ3v) is 5.71. The normalized spacial score (nSPS) is 16.3. The van der Waals surface area contributed by atoms with E-state index in [1.165, 1.54) is 42.5 Å². The Morgan fingerprint density at radius 3 is 2.48 bits per heavy atom. The number of ether oxygens (including phenoxy) is 1. The third kappa shape index (κ3) is 4.95. The summed E-state index contributed by atoms with van der Waals surface area (Å²) in [4.78, 5) is 34.0. The van der Waals surface area contributed by atoms with Crippen LogP contribution in [0.15, 0.2) is 53.4 Å². The molecule has 3 rings (SSSR count). The van der Waals surface area contributed by atoms with Crippen LogP contribution in [-0.4, -0.2) is 37.9 Å². The van der Waals surface area contributed by atoms with Gasteiger partial charge in [-0.25, -0.2) is 8.42 Å². The molecule has 11 heteroatoms. The van der Waals surface area contributed by atoms with Crippen LogP contribution in [0, 0.1) is 10.1 Å². The van der Waals surface area contributed by atoms with Crippen LogP contribution in [-0.2, 0) is 30.8 Å². The largest absolute Gasteiger partial charge is 0.464 e. The van der Waals surface area contributed by atoms with E-state index in [1.54, 1.807) is 6.07 Å². The fourth-order valence-corrected chi connectivity index (χ4v) is 4.01. The van der Waals surface area contributed by atoms with Crippen LogP contribution < -0.4 is 10.0 Å². The number of carbonyl (C=O) groups is 2. The lowest BCUT2D eigenvalue weighted by molar-refractivity contribution is -0.385. The number of carbonyl (C=O) groups excluding carboxylic acids is 2. The molecule has 1 aliphatic rings. The average molecular weight is 419 g/mol. The molecule has 1 amide bonds. The van der Waals surface area contributed by atoms with Gasteiger partial charge in [0.15, 0.2) is 0 Å². The number of nitrogens with zero attached hydrogens (tertiary/aromatic N) is 1. The highest BCUT2D eigenvalue weighted by Gasteiger charge is 2.31. The maximum absolute atomic E-state index is 12.3. The Bertz CT molecular complexity index is 1050. The number of nitrogens with one attached hydrogen (secondary N) is 2. The molecule has 0 spiro atoms. The molecule has 2 N–H and O–H groups in total. The van der Waals surface area contributed by atoms with E-state index < -0.39 is 32.9 Å². The topological polar surface area (TPSA) is 145 Å². The number of benzene rings is 2. The number of hydrogen-bond acceptors (Lipinski definition) is 7. The van der Waals surface area contributed by atoms with Crippen LogP contribution in [0.1, 0.15) is 12.0 Å². The van der Waals surface area contributed by atoms with E-state index in [0.29, 0.717) is 5.69 Å². The second-order valence-electron chi connectivity index (χ2n) is 6.27. The Hall–Kier alpha value is -3.31. The molecule has 1 saturated heterocycles. The van der Waals surface area contributed by atoms with Gasteiger partial charge in [-0.15, -0.1) is 0 Å². The van der Waals surface area contributed by atoms with Gasteiger partial charge < -0.3 is 10.1 Å². The van der Waals surface area contributed by atoms with Crippen molar-refractivity contribution >= 4 is 33.3 Å². The number of anilines is 1. The number of para-hydroxylation sites is 1. The summed E-state index contributed by atoms with van der Waals surface area (Å²) in [6.45, 7) is 0.163. The Labute approximate surface area is 166 Å². The highest BCUT2D eigenvalue weighted by atomic mass is 32.2. The Balaban J connectivity index is 1.65. The third-order valence-electron chi connectivity index (χ3n) is 4.22. The summed E-state index contributed by atoms with van der Waals surface area (Å²) in [6, 6.07) is 10.3. The first kappa shape index (κ1) is 20.4. The zero-order valence-electron chi connectivity index (χ0n) is 15.0. The van der Waals surface area contributed by atoms with Crippen molar-refractivity contribution in [2.45, 2.75) is 23.8 Å². The number of sulfonamides is 1. The minimum atomic E-state index is -3.92. The van der Waals surface area contributed by atoms with E-state index in [1.807, 2.05) is 0 Å². The lowest BCUT2D eigenvalue weighted by Gasteiger charge is -2.11. The molecular formula is C18H17N3O7S. The molecule has 29 heavy (non-hydrogen) atoms. The van der Waals surface area contributed by atoms with Crippen molar-refractivity contribution in [1.82, 2.24) is 4.72 Å². The molecule has 2 aromatic carbocycles. The zero-order chi connectivity index (χ0) is 21.0. The smallest absolute Gasteiger partial charge is 0.324 e. The quantitative estimate of drug-likeness (QED) is 0.392. The number of rotatable bonds is 7. The monoisotopic (exact) mass is 419 g/mol. The van der Waals surface area contributed by atoms with Crippen LogP contribution in [0.5, 0.6) is 0 Å². The Kier molecular flexibility index (Phi) is 5.89. The van der Waals surface area contributed by atoms with Crippen molar-refractivity contribution in [3.8, 4) is 0 Å². The van der Waals surface area contributed by atoms with Gasteiger partial charge in [0, 0.05) is 23.7 Å². The standard InChI is InChI=1S/C18H17N3O7S/c22-17(11-12-3-1-2-4-16(12)21(24)25)19-13-5-7-14(8-6-13)29(26,27)20-15-9-10-28-18(15)23/h1-8,15,20H,9-11H2,(H,19,22)/t15-/m0/s1. The van der Waals surface area contributed by atoms with Gasteiger partial charge >= 0.3 is 5.97 Å². The van der Waals surface area contributed by atoms with Crippen LogP contribution in [0.25, 0.3) is 0 Å². The molecule has 1 heterocycles. The fourth-order valence-electron chi connectivity index (χ4n) is 2.79. The molecule has 0 bridgehead atoms. The summed E-state index contributed by atoms with van der Waals surface area (Å²) in [5, 5.41) is 13.6. The van der Waals surface area contributed by atoms with Crippen LogP contribution in [0.4, 0.5) is 11.4 Å². The molecule has 1 fully saturated rings. The number of hydrogen-bond donors (Lipinski definition) is 2. The minimum absolute atomic E-state index is 0.0751. The van der Waals surface area contributed by atoms with Crippen LogP contribution >= 0.6 is 0 Å². The number of amides is 1. The molecule has 1 atom stereocenters. The van der Waals surface area contributed by atoms with Gasteiger partial charge in [0.2, 0.25) is 15.9 Å². The van der Waals surface area contributed by atoms with E-state index in [4.69, 9.17) is 4.74 Å². The number of nitro benzene ring substituents is 1. The average Bonchev–Trinajstić information content (AvgIpc) is 3.06. The highest BCUT2D eigenvalue weighted by molar-refractivity contribution is 7.89. The summed E-state index contributed by atoms with van der Waals surface area (Å²) in [6.07, 6.45) is 0.0559. The maximum Gasteiger partial charge on any atom is 0.324 e. The molecule has 1 aliphatic heterocycles. The summed E-state index contributed by atoms with van der Waals surface area (Å²) in [7, 11) is -3.92. The molecular weight excluding hydrogens is 402 g/mol. The maximum atomic E-state index is 12.3. The Morgan fingerprint density at radius 1 is 1.17 bits per heavy atom. The predicted molar refractivity (Wildman–Crippen MR) is 102 cm³/mol. The van der Waals surface area contributed by atoms with E-state index >= 15 is 0 Å². The number of cyclic esters (lactones) is 1. The van der Waals surface area contributed by atoms with Crippen molar-refractivity contribution in [3.05, 3.63) is 64.2 Å². The second kappa shape index (κ2) is 8.37. The van der Waals surface area contributed by atoms with E-state index in [2.05, 4.69) is 10.0 Å². The van der Waals surface area contributed by atoms with E-state index in [0.717, 1.165) is 0 Å². The first-order valence-corrected chi connectivity index (χ1v) is 10.1. The predicted octanol–water partition coefficient (Wildman–Crippen LogP) is 1.37. The molecule has 0 radical (unpaired) electrons.